The molecule has 0 radical (unpaired) electrons. The molecule has 0 unspecified atom stereocenters. The lowest BCUT2D eigenvalue weighted by Gasteiger charge is -2.12. The molecule has 0 saturated carbocycles. The first-order valence-corrected chi connectivity index (χ1v) is 5.83. The zero-order valence-corrected chi connectivity index (χ0v) is 10.1. The van der Waals surface area contributed by atoms with Crippen LogP contribution < -0.4 is 10.6 Å². The Kier molecular flexibility index (Phi) is 4.92. The fraction of sp³-hybridized carbons (Fsp3) is 0.400. The summed E-state index contributed by atoms with van der Waals surface area (Å²) in [7, 11) is 0. The number of aryl methyl sites for hydroxylation is 1. The van der Waals surface area contributed by atoms with Gasteiger partial charge in [-0.25, -0.2) is 9.59 Å². The molecule has 0 aromatic carbocycles. The number of hydrogen-bond acceptors (Lipinski definition) is 4. The molecule has 17 heavy (non-hydrogen) atoms. The third-order valence-corrected chi connectivity index (χ3v) is 3.19. The van der Waals surface area contributed by atoms with Crippen LogP contribution in [0.15, 0.2) is 11.4 Å². The Bertz CT molecular complexity index is 405. The van der Waals surface area contributed by atoms with Crippen molar-refractivity contribution in [3.63, 3.8) is 0 Å². The highest BCUT2D eigenvalue weighted by Gasteiger charge is 2.18. The number of thiophene rings is 1. The molecule has 0 aliphatic heterocycles. The lowest BCUT2D eigenvalue weighted by Crippen LogP contribution is -2.47. The molecular weight excluding hydrogens is 244 g/mol. The van der Waals surface area contributed by atoms with E-state index in [1.807, 2.05) is 18.4 Å². The van der Waals surface area contributed by atoms with Crippen LogP contribution in [0.4, 0.5) is 4.79 Å². The van der Waals surface area contributed by atoms with Gasteiger partial charge >= 0.3 is 12.0 Å². The summed E-state index contributed by atoms with van der Waals surface area (Å²) in [4.78, 5) is 22.9. The molecule has 1 atom stereocenters. The molecule has 1 aromatic heterocycles. The number of aliphatic carboxylic acids is 1. The average Bonchev–Trinajstić information content (AvgIpc) is 2.68. The van der Waals surface area contributed by atoms with Crippen molar-refractivity contribution in [3.05, 3.63) is 21.9 Å². The summed E-state index contributed by atoms with van der Waals surface area (Å²) in [6, 6.07) is 0.0477. The van der Waals surface area contributed by atoms with Crippen molar-refractivity contribution in [1.82, 2.24) is 10.6 Å². The van der Waals surface area contributed by atoms with Gasteiger partial charge in [-0.15, -0.1) is 11.3 Å². The van der Waals surface area contributed by atoms with Gasteiger partial charge in [-0.05, 0) is 23.9 Å². The van der Waals surface area contributed by atoms with Crippen LogP contribution in [-0.2, 0) is 11.3 Å². The molecule has 6 nitrogen and oxygen atoms in total. The van der Waals surface area contributed by atoms with E-state index in [1.165, 1.54) is 11.3 Å². The first kappa shape index (κ1) is 13.5. The van der Waals surface area contributed by atoms with Crippen molar-refractivity contribution in [2.45, 2.75) is 19.5 Å². The Morgan fingerprint density at radius 2 is 2.24 bits per heavy atom. The van der Waals surface area contributed by atoms with Crippen LogP contribution >= 0.6 is 11.3 Å². The van der Waals surface area contributed by atoms with E-state index >= 15 is 0 Å². The van der Waals surface area contributed by atoms with Crippen LogP contribution in [0.3, 0.4) is 0 Å². The summed E-state index contributed by atoms with van der Waals surface area (Å²) in [5, 5.41) is 23.9. The Morgan fingerprint density at radius 1 is 1.53 bits per heavy atom. The topological polar surface area (TPSA) is 98.7 Å². The van der Waals surface area contributed by atoms with Crippen LogP contribution in [0.1, 0.15) is 10.4 Å². The van der Waals surface area contributed by atoms with E-state index in [4.69, 9.17) is 10.2 Å². The van der Waals surface area contributed by atoms with Crippen LogP contribution in [0.25, 0.3) is 0 Å². The minimum absolute atomic E-state index is 0.340. The Morgan fingerprint density at radius 3 is 2.71 bits per heavy atom. The molecular formula is C10H14N2O4S. The maximum atomic E-state index is 11.3. The molecule has 0 aliphatic rings. The van der Waals surface area contributed by atoms with E-state index in [2.05, 4.69) is 10.6 Å². The number of carbonyl (C=O) groups is 2. The molecule has 94 valence electrons. The predicted octanol–water partition coefficient (Wildman–Crippen LogP) is 0.301. The third-order valence-electron chi connectivity index (χ3n) is 2.16. The molecule has 0 saturated heterocycles. The van der Waals surface area contributed by atoms with Crippen molar-refractivity contribution in [2.75, 3.05) is 6.61 Å². The van der Waals surface area contributed by atoms with Crippen LogP contribution in [-0.4, -0.2) is 34.9 Å². The minimum atomic E-state index is -1.28. The van der Waals surface area contributed by atoms with Gasteiger partial charge in [0.25, 0.3) is 0 Å². The molecule has 4 N–H and O–H groups in total. The molecule has 0 fully saturated rings. The molecule has 0 bridgehead atoms. The van der Waals surface area contributed by atoms with E-state index < -0.39 is 24.6 Å². The number of amides is 2. The lowest BCUT2D eigenvalue weighted by molar-refractivity contribution is -0.140. The van der Waals surface area contributed by atoms with E-state index in [0.29, 0.717) is 6.54 Å². The van der Waals surface area contributed by atoms with Gasteiger partial charge in [0, 0.05) is 4.88 Å². The summed E-state index contributed by atoms with van der Waals surface area (Å²) in [6.45, 7) is 1.63. The highest BCUT2D eigenvalue weighted by Crippen LogP contribution is 2.14. The van der Waals surface area contributed by atoms with Gasteiger partial charge in [-0.2, -0.15) is 0 Å². The largest absolute Gasteiger partial charge is 0.480 e. The number of carboxylic acid groups (broad SMARTS) is 1. The summed E-state index contributed by atoms with van der Waals surface area (Å²) in [6.07, 6.45) is 0. The average molecular weight is 258 g/mol. The SMILES string of the molecule is Cc1ccsc1CNC(=O)N[C@@H](CO)C(=O)O. The number of hydrogen-bond donors (Lipinski definition) is 4. The number of carbonyl (C=O) groups excluding carboxylic acids is 1. The number of rotatable bonds is 5. The highest BCUT2D eigenvalue weighted by atomic mass is 32.1. The number of aliphatic hydroxyl groups excluding tert-OH is 1. The minimum Gasteiger partial charge on any atom is -0.480 e. The standard InChI is InChI=1S/C10H14N2O4S/c1-6-2-3-17-8(6)4-11-10(16)12-7(5-13)9(14)15/h2-3,7,13H,4-5H2,1H3,(H,14,15)(H2,11,12,16)/t7-/m0/s1. The molecule has 7 heteroatoms. The molecule has 0 aliphatic carbocycles. The molecule has 1 heterocycles. The van der Waals surface area contributed by atoms with E-state index in [9.17, 15) is 9.59 Å². The second-order valence-corrected chi connectivity index (χ2v) is 4.43. The van der Waals surface area contributed by atoms with Gasteiger partial charge in [0.1, 0.15) is 0 Å². The van der Waals surface area contributed by atoms with Gasteiger partial charge in [-0.3, -0.25) is 0 Å². The number of urea groups is 1. The fourth-order valence-electron chi connectivity index (χ4n) is 1.14. The smallest absolute Gasteiger partial charge is 0.328 e. The number of aliphatic hydroxyl groups is 1. The van der Waals surface area contributed by atoms with Crippen molar-refractivity contribution >= 4 is 23.3 Å². The zero-order chi connectivity index (χ0) is 12.8. The van der Waals surface area contributed by atoms with Gasteiger partial charge in [0.05, 0.1) is 13.2 Å². The first-order chi connectivity index (χ1) is 8.04. The quantitative estimate of drug-likeness (QED) is 0.610. The monoisotopic (exact) mass is 258 g/mol. The van der Waals surface area contributed by atoms with Crippen molar-refractivity contribution in [1.29, 1.82) is 0 Å². The fourth-order valence-corrected chi connectivity index (χ4v) is 1.99. The molecule has 1 aromatic rings. The van der Waals surface area contributed by atoms with Gasteiger partial charge in [0.15, 0.2) is 6.04 Å². The lowest BCUT2D eigenvalue weighted by atomic mass is 10.3. The van der Waals surface area contributed by atoms with Gasteiger partial charge < -0.3 is 20.8 Å². The summed E-state index contributed by atoms with van der Waals surface area (Å²) >= 11 is 1.51. The van der Waals surface area contributed by atoms with Crippen LogP contribution in [0.2, 0.25) is 0 Å². The second kappa shape index (κ2) is 6.21. The van der Waals surface area contributed by atoms with Crippen LogP contribution in [0.5, 0.6) is 0 Å². The maximum absolute atomic E-state index is 11.3. The number of nitrogens with one attached hydrogen (secondary N) is 2. The Labute approximate surface area is 102 Å². The predicted molar refractivity (Wildman–Crippen MR) is 62.9 cm³/mol. The first-order valence-electron chi connectivity index (χ1n) is 4.95. The van der Waals surface area contributed by atoms with E-state index in [0.717, 1.165) is 10.4 Å². The van der Waals surface area contributed by atoms with Crippen molar-refractivity contribution in [3.8, 4) is 0 Å². The Hall–Kier alpha value is -1.60. The van der Waals surface area contributed by atoms with Crippen LogP contribution in [0, 0.1) is 6.92 Å². The third kappa shape index (κ3) is 4.04. The summed E-state index contributed by atoms with van der Waals surface area (Å²) < 4.78 is 0. The molecule has 1 rings (SSSR count). The van der Waals surface area contributed by atoms with E-state index in [-0.39, 0.29) is 0 Å². The zero-order valence-electron chi connectivity index (χ0n) is 9.27. The maximum Gasteiger partial charge on any atom is 0.328 e. The van der Waals surface area contributed by atoms with Crippen molar-refractivity contribution in [2.24, 2.45) is 0 Å². The summed E-state index contributed by atoms with van der Waals surface area (Å²) in [5.41, 5.74) is 1.08. The number of carboxylic acids is 1. The van der Waals surface area contributed by atoms with Gasteiger partial charge in [-0.1, -0.05) is 0 Å². The van der Waals surface area contributed by atoms with Crippen molar-refractivity contribution < 1.29 is 19.8 Å². The van der Waals surface area contributed by atoms with E-state index in [1.54, 1.807) is 0 Å². The highest BCUT2D eigenvalue weighted by molar-refractivity contribution is 7.10. The molecule has 0 spiro atoms. The molecule has 2 amide bonds. The second-order valence-electron chi connectivity index (χ2n) is 3.43. The van der Waals surface area contributed by atoms with Gasteiger partial charge in [0.2, 0.25) is 0 Å². The Balaban J connectivity index is 2.40. The normalized spacial score (nSPS) is 11.9. The summed E-state index contributed by atoms with van der Waals surface area (Å²) in [5.74, 6) is -1.27.